The fraction of sp³-hybridized carbons (Fsp3) is 0.192. The summed E-state index contributed by atoms with van der Waals surface area (Å²) in [6.07, 6.45) is 7.41. The number of aryl methyl sites for hydroxylation is 1. The standard InChI is InChI=1S/C26H21FN4O/c1-31-18-30-17-22(31)13-14-32-25-12-11-23(20-5-3-2-4-6-20)26(27,24(25)16-29)21-9-7-19(15-28)8-10-21/h2-12,17-18,24H,13-14H2,1H3. The van der Waals surface area contributed by atoms with E-state index < -0.39 is 11.6 Å². The van der Waals surface area contributed by atoms with Crippen LogP contribution in [-0.4, -0.2) is 16.2 Å². The molecule has 0 amide bonds. The summed E-state index contributed by atoms with van der Waals surface area (Å²) in [4.78, 5) is 4.09. The average Bonchev–Trinajstić information content (AvgIpc) is 3.24. The first-order valence-electron chi connectivity index (χ1n) is 10.2. The number of nitrogens with zero attached hydrogens (tertiary/aromatic N) is 4. The highest BCUT2D eigenvalue weighted by Gasteiger charge is 2.49. The highest BCUT2D eigenvalue weighted by Crippen LogP contribution is 2.50. The third kappa shape index (κ3) is 3.79. The van der Waals surface area contributed by atoms with Crippen LogP contribution in [0.2, 0.25) is 0 Å². The fourth-order valence-electron chi connectivity index (χ4n) is 3.95. The number of nitriles is 2. The van der Waals surface area contributed by atoms with Crippen LogP contribution in [0.25, 0.3) is 5.57 Å². The van der Waals surface area contributed by atoms with Crippen molar-refractivity contribution in [1.82, 2.24) is 9.55 Å². The Labute approximate surface area is 186 Å². The number of allylic oxidation sites excluding steroid dienone is 4. The van der Waals surface area contributed by atoms with Crippen LogP contribution in [0.1, 0.15) is 22.4 Å². The minimum atomic E-state index is -2.14. The zero-order valence-corrected chi connectivity index (χ0v) is 17.6. The zero-order chi connectivity index (χ0) is 22.6. The molecule has 2 aromatic carbocycles. The number of halogens is 1. The Morgan fingerprint density at radius 3 is 2.47 bits per heavy atom. The first-order chi connectivity index (χ1) is 15.6. The van der Waals surface area contributed by atoms with Crippen molar-refractivity contribution in [3.05, 3.63) is 107 Å². The van der Waals surface area contributed by atoms with Crippen LogP contribution in [-0.2, 0) is 23.9 Å². The van der Waals surface area contributed by atoms with E-state index in [0.717, 1.165) is 5.69 Å². The molecule has 4 rings (SSSR count). The molecule has 1 heterocycles. The molecule has 0 radical (unpaired) electrons. The normalized spacial score (nSPS) is 19.9. The van der Waals surface area contributed by atoms with Crippen LogP contribution in [0.4, 0.5) is 4.39 Å². The van der Waals surface area contributed by atoms with Gasteiger partial charge in [-0.3, -0.25) is 0 Å². The molecule has 0 aliphatic heterocycles. The number of alkyl halides is 1. The number of imidazole rings is 1. The Bertz CT molecular complexity index is 1250. The van der Waals surface area contributed by atoms with Gasteiger partial charge < -0.3 is 9.30 Å². The van der Waals surface area contributed by atoms with Crippen molar-refractivity contribution in [1.29, 1.82) is 10.5 Å². The molecule has 1 aliphatic rings. The van der Waals surface area contributed by atoms with Gasteiger partial charge in [-0.05, 0) is 29.3 Å². The lowest BCUT2D eigenvalue weighted by Gasteiger charge is -2.36. The second kappa shape index (κ2) is 8.91. The van der Waals surface area contributed by atoms with Crippen molar-refractivity contribution in [2.75, 3.05) is 6.61 Å². The van der Waals surface area contributed by atoms with Gasteiger partial charge in [-0.1, -0.05) is 48.5 Å². The number of benzene rings is 2. The van der Waals surface area contributed by atoms with Gasteiger partial charge in [-0.2, -0.15) is 10.5 Å². The largest absolute Gasteiger partial charge is 0.496 e. The topological polar surface area (TPSA) is 74.6 Å². The first-order valence-corrected chi connectivity index (χ1v) is 10.2. The third-order valence-electron chi connectivity index (χ3n) is 5.68. The molecule has 158 valence electrons. The van der Waals surface area contributed by atoms with E-state index in [4.69, 9.17) is 10.00 Å². The van der Waals surface area contributed by atoms with Gasteiger partial charge in [0.05, 0.1) is 30.6 Å². The maximum atomic E-state index is 17.1. The summed E-state index contributed by atoms with van der Waals surface area (Å²) in [6, 6.07) is 19.6. The molecule has 1 aliphatic carbocycles. The Balaban J connectivity index is 1.72. The molecule has 0 spiro atoms. The van der Waals surface area contributed by atoms with Crippen molar-refractivity contribution in [3.8, 4) is 12.1 Å². The molecule has 0 fully saturated rings. The Morgan fingerprint density at radius 1 is 1.09 bits per heavy atom. The number of hydrogen-bond donors (Lipinski definition) is 0. The van der Waals surface area contributed by atoms with E-state index in [2.05, 4.69) is 11.1 Å². The third-order valence-corrected chi connectivity index (χ3v) is 5.68. The average molecular weight is 424 g/mol. The number of ether oxygens (including phenoxy) is 1. The van der Waals surface area contributed by atoms with Crippen molar-refractivity contribution in [2.24, 2.45) is 13.0 Å². The molecule has 0 saturated heterocycles. The minimum absolute atomic E-state index is 0.279. The van der Waals surface area contributed by atoms with Gasteiger partial charge in [0.25, 0.3) is 0 Å². The van der Waals surface area contributed by atoms with Crippen molar-refractivity contribution < 1.29 is 9.13 Å². The number of rotatable bonds is 6. The summed E-state index contributed by atoms with van der Waals surface area (Å²) in [5.74, 6) is -0.900. The second-order valence-corrected chi connectivity index (χ2v) is 7.57. The van der Waals surface area contributed by atoms with Gasteiger partial charge >= 0.3 is 0 Å². The summed E-state index contributed by atoms with van der Waals surface area (Å²) >= 11 is 0. The summed E-state index contributed by atoms with van der Waals surface area (Å²) in [6.45, 7) is 0.293. The Kier molecular flexibility index (Phi) is 5.87. The summed E-state index contributed by atoms with van der Waals surface area (Å²) < 4.78 is 24.9. The van der Waals surface area contributed by atoms with Gasteiger partial charge in [0.15, 0.2) is 5.67 Å². The SMILES string of the molecule is Cn1cncc1CCOC1=CC=C(c2ccccc2)C(F)(c2ccc(C#N)cc2)C1C#N. The molecule has 6 heteroatoms. The van der Waals surface area contributed by atoms with Gasteiger partial charge in [0.1, 0.15) is 11.7 Å². The summed E-state index contributed by atoms with van der Waals surface area (Å²) in [5, 5.41) is 19.2. The van der Waals surface area contributed by atoms with Crippen LogP contribution >= 0.6 is 0 Å². The van der Waals surface area contributed by atoms with Crippen LogP contribution in [0.5, 0.6) is 0 Å². The van der Waals surface area contributed by atoms with Crippen LogP contribution in [0.3, 0.4) is 0 Å². The van der Waals surface area contributed by atoms with Crippen LogP contribution < -0.4 is 0 Å². The van der Waals surface area contributed by atoms with E-state index in [1.54, 1.807) is 48.9 Å². The lowest BCUT2D eigenvalue weighted by Crippen LogP contribution is -2.35. The molecule has 0 bridgehead atoms. The molecule has 2 unspecified atom stereocenters. The molecule has 3 aromatic rings. The smallest absolute Gasteiger partial charge is 0.184 e. The van der Waals surface area contributed by atoms with Crippen molar-refractivity contribution in [2.45, 2.75) is 12.1 Å². The van der Waals surface area contributed by atoms with Crippen LogP contribution in [0.15, 0.2) is 85.0 Å². The van der Waals surface area contributed by atoms with E-state index >= 15 is 4.39 Å². The monoisotopic (exact) mass is 424 g/mol. The quantitative estimate of drug-likeness (QED) is 0.568. The van der Waals surface area contributed by atoms with Crippen molar-refractivity contribution >= 4 is 5.57 Å². The molecule has 2 atom stereocenters. The maximum Gasteiger partial charge on any atom is 0.184 e. The summed E-state index contributed by atoms with van der Waals surface area (Å²) in [5.41, 5.74) is 0.641. The van der Waals surface area contributed by atoms with E-state index in [1.165, 1.54) is 0 Å². The minimum Gasteiger partial charge on any atom is -0.496 e. The van der Waals surface area contributed by atoms with Gasteiger partial charge in [0.2, 0.25) is 0 Å². The molecule has 0 saturated carbocycles. The Morgan fingerprint density at radius 2 is 1.84 bits per heavy atom. The van der Waals surface area contributed by atoms with E-state index in [9.17, 15) is 5.26 Å². The molecule has 5 nitrogen and oxygen atoms in total. The molecule has 0 N–H and O–H groups in total. The van der Waals surface area contributed by atoms with Gasteiger partial charge in [-0.25, -0.2) is 9.37 Å². The Hall–Kier alpha value is -4.16. The van der Waals surface area contributed by atoms with E-state index in [0.29, 0.717) is 35.3 Å². The summed E-state index contributed by atoms with van der Waals surface area (Å²) in [7, 11) is 1.90. The zero-order valence-electron chi connectivity index (χ0n) is 17.6. The lowest BCUT2D eigenvalue weighted by molar-refractivity contribution is 0.119. The molecular weight excluding hydrogens is 403 g/mol. The maximum absolute atomic E-state index is 17.1. The number of hydrogen-bond acceptors (Lipinski definition) is 4. The fourth-order valence-corrected chi connectivity index (χ4v) is 3.95. The van der Waals surface area contributed by atoms with Crippen molar-refractivity contribution in [3.63, 3.8) is 0 Å². The predicted octanol–water partition coefficient (Wildman–Crippen LogP) is 4.84. The first kappa shape index (κ1) is 21.1. The lowest BCUT2D eigenvalue weighted by atomic mass is 9.72. The van der Waals surface area contributed by atoms with Gasteiger partial charge in [-0.15, -0.1) is 0 Å². The molecular formula is C26H21FN4O. The highest BCUT2D eigenvalue weighted by atomic mass is 19.1. The van der Waals surface area contributed by atoms with Gasteiger partial charge in [0, 0.05) is 30.9 Å². The molecule has 32 heavy (non-hydrogen) atoms. The van der Waals surface area contributed by atoms with E-state index in [-0.39, 0.29) is 5.76 Å². The highest BCUT2D eigenvalue weighted by molar-refractivity contribution is 5.78. The second-order valence-electron chi connectivity index (χ2n) is 7.57. The van der Waals surface area contributed by atoms with E-state index in [1.807, 2.05) is 48.0 Å². The van der Waals surface area contributed by atoms with Crippen LogP contribution in [0, 0.1) is 28.6 Å². The molecule has 1 aromatic heterocycles. The predicted molar refractivity (Wildman–Crippen MR) is 118 cm³/mol. The number of aromatic nitrogens is 2.